The van der Waals surface area contributed by atoms with Crippen molar-refractivity contribution in [2.45, 2.75) is 45.3 Å². The quantitative estimate of drug-likeness (QED) is 0.217. The highest BCUT2D eigenvalue weighted by molar-refractivity contribution is 6.10. The Hall–Kier alpha value is -4.92. The number of aliphatic imine (C=N–C) groups is 1. The summed E-state index contributed by atoms with van der Waals surface area (Å²) in [6.45, 7) is 3.92. The van der Waals surface area contributed by atoms with Crippen molar-refractivity contribution in [2.75, 3.05) is 18.6 Å². The Balaban J connectivity index is 2.19. The number of amides is 2. The number of nitrogens with one attached hydrogen (secondary N) is 1. The zero-order valence-electron chi connectivity index (χ0n) is 23.4. The van der Waals surface area contributed by atoms with E-state index in [1.165, 1.54) is 19.1 Å². The van der Waals surface area contributed by atoms with Gasteiger partial charge in [0.1, 0.15) is 6.04 Å². The number of hydrogen-bond acceptors (Lipinski definition) is 6. The van der Waals surface area contributed by atoms with Gasteiger partial charge in [0.2, 0.25) is 5.96 Å². The Kier molecular flexibility index (Phi) is 10.3. The third-order valence-electron chi connectivity index (χ3n) is 6.63. The van der Waals surface area contributed by atoms with Crippen molar-refractivity contribution in [3.8, 4) is 6.07 Å². The first-order valence-corrected chi connectivity index (χ1v) is 13.1. The average Bonchev–Trinajstić information content (AvgIpc) is 2.95. The summed E-state index contributed by atoms with van der Waals surface area (Å²) in [6, 6.07) is 8.61. The van der Waals surface area contributed by atoms with E-state index in [-0.39, 0.29) is 17.0 Å². The number of primary amides is 1. The number of guanidine groups is 1. The number of methoxy groups -OCH3 is 1. The van der Waals surface area contributed by atoms with Crippen LogP contribution in [-0.4, -0.2) is 42.7 Å². The number of esters is 1. The molecule has 1 heterocycles. The molecule has 0 bridgehead atoms. The Morgan fingerprint density at radius 1 is 1.24 bits per heavy atom. The Morgan fingerprint density at radius 2 is 1.98 bits per heavy atom. The first-order chi connectivity index (χ1) is 20.0. The topological polar surface area (TPSA) is 136 Å². The summed E-state index contributed by atoms with van der Waals surface area (Å²) in [5, 5.41) is 18.4. The second-order valence-electron chi connectivity index (χ2n) is 9.33. The molecule has 0 radical (unpaired) electrons. The molecule has 0 saturated carbocycles. The lowest BCUT2D eigenvalue weighted by molar-refractivity contribution is -0.138. The van der Waals surface area contributed by atoms with Gasteiger partial charge in [0.15, 0.2) is 0 Å². The second kappa shape index (κ2) is 13.6. The lowest BCUT2D eigenvalue weighted by Gasteiger charge is -2.43. The zero-order chi connectivity index (χ0) is 31.0. The summed E-state index contributed by atoms with van der Waals surface area (Å²) >= 11 is 0. The molecule has 2 amide bonds. The molecule has 1 aliphatic heterocycles. The molecule has 0 fully saturated rings. The lowest BCUT2D eigenvalue weighted by atomic mass is 9.87. The van der Waals surface area contributed by atoms with E-state index in [0.29, 0.717) is 36.1 Å². The normalized spacial score (nSPS) is 15.9. The molecule has 42 heavy (non-hydrogen) atoms. The number of alkyl halides is 3. The fraction of sp³-hybridized carbons (Fsp3) is 0.300. The van der Waals surface area contributed by atoms with Crippen LogP contribution in [0.5, 0.6) is 0 Å². The average molecular weight is 581 g/mol. The van der Waals surface area contributed by atoms with Crippen LogP contribution < -0.4 is 10.6 Å². The summed E-state index contributed by atoms with van der Waals surface area (Å²) < 4.78 is 45.6. The number of benzene rings is 2. The van der Waals surface area contributed by atoms with Gasteiger partial charge < -0.3 is 10.5 Å². The minimum atomic E-state index is -4.67. The summed E-state index contributed by atoms with van der Waals surface area (Å²) in [7, 11) is 1.13. The Bertz CT molecular complexity index is 1490. The van der Waals surface area contributed by atoms with Crippen LogP contribution in [0.2, 0.25) is 0 Å². The molecular weight excluding hydrogens is 549 g/mol. The van der Waals surface area contributed by atoms with Gasteiger partial charge in [-0.1, -0.05) is 25.1 Å². The van der Waals surface area contributed by atoms with Gasteiger partial charge >= 0.3 is 18.2 Å². The van der Waals surface area contributed by atoms with Crippen molar-refractivity contribution in [2.24, 2.45) is 10.7 Å². The number of allylic oxidation sites excluding steroid dienone is 3. The molecule has 0 aliphatic carbocycles. The minimum Gasteiger partial charge on any atom is -0.466 e. The highest BCUT2D eigenvalue weighted by Crippen LogP contribution is 2.42. The van der Waals surface area contributed by atoms with Gasteiger partial charge in [-0.2, -0.15) is 18.4 Å². The Morgan fingerprint density at radius 3 is 2.60 bits per heavy atom. The predicted molar refractivity (Wildman–Crippen MR) is 153 cm³/mol. The number of nitrogens with two attached hydrogens (primary N) is 1. The maximum atomic E-state index is 13.5. The maximum absolute atomic E-state index is 13.5. The molecule has 3 N–H and O–H groups in total. The largest absolute Gasteiger partial charge is 0.466 e. The van der Waals surface area contributed by atoms with Crippen molar-refractivity contribution >= 4 is 29.9 Å². The molecule has 1 aliphatic rings. The van der Waals surface area contributed by atoms with Gasteiger partial charge in [0.05, 0.1) is 29.9 Å². The van der Waals surface area contributed by atoms with Crippen molar-refractivity contribution in [1.82, 2.24) is 4.90 Å². The van der Waals surface area contributed by atoms with Crippen molar-refractivity contribution < 1.29 is 27.5 Å². The monoisotopic (exact) mass is 580 g/mol. The summed E-state index contributed by atoms with van der Waals surface area (Å²) in [4.78, 5) is 32.3. The van der Waals surface area contributed by atoms with Crippen LogP contribution in [0.15, 0.2) is 70.9 Å². The number of hydrogen-bond donors (Lipinski definition) is 2. The highest BCUT2D eigenvalue weighted by Gasteiger charge is 2.44. The molecule has 0 saturated heterocycles. The first kappa shape index (κ1) is 31.6. The highest BCUT2D eigenvalue weighted by atomic mass is 19.4. The smallest absolute Gasteiger partial charge is 0.416 e. The van der Waals surface area contributed by atoms with E-state index < -0.39 is 35.7 Å². The van der Waals surface area contributed by atoms with Crippen LogP contribution >= 0.6 is 0 Å². The summed E-state index contributed by atoms with van der Waals surface area (Å²) in [6.07, 6.45) is 2.66. The fourth-order valence-electron chi connectivity index (χ4n) is 4.72. The summed E-state index contributed by atoms with van der Waals surface area (Å²) in [5.74, 6) is -1.42. The second-order valence-corrected chi connectivity index (χ2v) is 9.33. The van der Waals surface area contributed by atoms with Gasteiger partial charge in [-0.25, -0.2) is 9.59 Å². The molecule has 12 heteroatoms. The van der Waals surface area contributed by atoms with E-state index in [2.05, 4.69) is 11.1 Å². The lowest BCUT2D eigenvalue weighted by Crippen LogP contribution is -2.55. The molecule has 2 aromatic rings. The first-order valence-electron chi connectivity index (χ1n) is 13.1. The molecule has 0 spiro atoms. The van der Waals surface area contributed by atoms with Gasteiger partial charge in [0, 0.05) is 24.1 Å². The number of nitrogens with zero attached hydrogens (tertiary/aromatic N) is 4. The molecule has 1 unspecified atom stereocenters. The van der Waals surface area contributed by atoms with Crippen LogP contribution in [0.25, 0.3) is 0 Å². The van der Waals surface area contributed by atoms with Gasteiger partial charge in [-0.3, -0.25) is 20.2 Å². The van der Waals surface area contributed by atoms with Crippen LogP contribution in [0.4, 0.5) is 23.7 Å². The number of carbonyl (C=O) groups excluding carboxylic acids is 2. The van der Waals surface area contributed by atoms with E-state index in [0.717, 1.165) is 41.5 Å². The molecule has 9 nitrogen and oxygen atoms in total. The third-order valence-corrected chi connectivity index (χ3v) is 6.63. The van der Waals surface area contributed by atoms with Crippen LogP contribution in [0.1, 0.15) is 55.0 Å². The molecular formula is C30H31F3N6O3. The number of urea groups is 1. The van der Waals surface area contributed by atoms with E-state index in [4.69, 9.17) is 15.9 Å². The number of nitriles is 1. The third kappa shape index (κ3) is 6.86. The van der Waals surface area contributed by atoms with E-state index in [1.807, 2.05) is 19.1 Å². The number of halogens is 3. The Labute approximate surface area is 241 Å². The molecule has 3 rings (SSSR count). The van der Waals surface area contributed by atoms with Crippen LogP contribution in [-0.2, 0) is 22.1 Å². The van der Waals surface area contributed by atoms with E-state index in [9.17, 15) is 28.0 Å². The number of carbonyl (C=O) groups is 2. The van der Waals surface area contributed by atoms with Crippen molar-refractivity contribution in [3.05, 3.63) is 88.1 Å². The van der Waals surface area contributed by atoms with E-state index in [1.54, 1.807) is 18.3 Å². The maximum Gasteiger partial charge on any atom is 0.416 e. The SMILES string of the molecule is CC/C=C\C=NCCCc1cc(C#N)ccc1C1C(C(=O)OC)=C(C)N(c2cccc(C(F)(F)F)c2)C(=N)N1C(N)=O. The van der Waals surface area contributed by atoms with Crippen molar-refractivity contribution in [3.63, 3.8) is 0 Å². The van der Waals surface area contributed by atoms with Gasteiger partial charge in [-0.05, 0) is 73.7 Å². The van der Waals surface area contributed by atoms with Crippen molar-refractivity contribution in [1.29, 1.82) is 10.7 Å². The van der Waals surface area contributed by atoms with Gasteiger partial charge in [-0.15, -0.1) is 0 Å². The molecule has 0 aromatic heterocycles. The standard InChI is InChI=1S/C30H31F3N6O3/c1-4-5-6-14-37-15-8-9-21-16-20(18-34)12-13-24(21)26-25(27(40)42-3)19(2)38(28(35)39(26)29(36)41)23-11-7-10-22(17-23)30(31,32)33/h5-7,10-14,16-17,26,35H,4,8-9,15H2,1-3H3,(H2,36,41)/b6-5-,35-28?,37-14?. The number of anilines is 1. The van der Waals surface area contributed by atoms with Gasteiger partial charge in [0.25, 0.3) is 0 Å². The minimum absolute atomic E-state index is 0.0799. The molecule has 2 aromatic carbocycles. The zero-order valence-corrected chi connectivity index (χ0v) is 23.4. The number of rotatable bonds is 9. The fourth-order valence-corrected chi connectivity index (χ4v) is 4.72. The molecule has 1 atom stereocenters. The van der Waals surface area contributed by atoms with Crippen LogP contribution in [0.3, 0.4) is 0 Å². The number of ether oxygens (including phenoxy) is 1. The van der Waals surface area contributed by atoms with Crippen LogP contribution in [0, 0.1) is 16.7 Å². The molecule has 220 valence electrons. The number of aryl methyl sites for hydroxylation is 1. The summed E-state index contributed by atoms with van der Waals surface area (Å²) in [5.41, 5.74) is 6.01. The predicted octanol–water partition coefficient (Wildman–Crippen LogP) is 5.87. The van der Waals surface area contributed by atoms with E-state index >= 15 is 0 Å².